The van der Waals surface area contributed by atoms with Gasteiger partial charge in [-0.15, -0.1) is 11.3 Å². The molecule has 0 aliphatic carbocycles. The van der Waals surface area contributed by atoms with Gasteiger partial charge in [0.1, 0.15) is 5.75 Å². The SMILES string of the molecule is Cc1cc2c(O)cccc2s1. The Labute approximate surface area is 68.9 Å². The van der Waals surface area contributed by atoms with Crippen molar-refractivity contribution in [2.75, 3.05) is 0 Å². The third-order valence-corrected chi connectivity index (χ3v) is 2.68. The molecule has 11 heavy (non-hydrogen) atoms. The van der Waals surface area contributed by atoms with E-state index in [4.69, 9.17) is 0 Å². The fourth-order valence-electron chi connectivity index (χ4n) is 1.17. The zero-order valence-corrected chi connectivity index (χ0v) is 6.98. The molecule has 2 rings (SSSR count). The molecule has 0 aliphatic rings. The summed E-state index contributed by atoms with van der Waals surface area (Å²) in [6, 6.07) is 7.62. The van der Waals surface area contributed by atoms with Gasteiger partial charge in [0.2, 0.25) is 0 Å². The average molecular weight is 164 g/mol. The van der Waals surface area contributed by atoms with Crippen LogP contribution in [0, 0.1) is 6.92 Å². The number of hydrogen-bond acceptors (Lipinski definition) is 2. The van der Waals surface area contributed by atoms with E-state index in [0.29, 0.717) is 5.75 Å². The van der Waals surface area contributed by atoms with Crippen molar-refractivity contribution in [3.05, 3.63) is 29.1 Å². The summed E-state index contributed by atoms with van der Waals surface area (Å²) in [7, 11) is 0. The zero-order valence-electron chi connectivity index (χ0n) is 6.16. The van der Waals surface area contributed by atoms with E-state index in [9.17, 15) is 5.11 Å². The van der Waals surface area contributed by atoms with Gasteiger partial charge in [-0.1, -0.05) is 6.07 Å². The summed E-state index contributed by atoms with van der Waals surface area (Å²) in [4.78, 5) is 1.24. The van der Waals surface area contributed by atoms with E-state index in [1.807, 2.05) is 25.1 Å². The van der Waals surface area contributed by atoms with Crippen molar-refractivity contribution < 1.29 is 5.11 Å². The van der Waals surface area contributed by atoms with Crippen LogP contribution in [-0.2, 0) is 0 Å². The summed E-state index contributed by atoms with van der Waals surface area (Å²) < 4.78 is 1.16. The maximum Gasteiger partial charge on any atom is 0.124 e. The molecule has 1 N–H and O–H groups in total. The van der Waals surface area contributed by atoms with Gasteiger partial charge in [-0.25, -0.2) is 0 Å². The molecule has 1 aromatic carbocycles. The molecule has 56 valence electrons. The maximum atomic E-state index is 9.39. The minimum atomic E-state index is 0.381. The van der Waals surface area contributed by atoms with Gasteiger partial charge in [-0.05, 0) is 25.1 Å². The number of phenols is 1. The van der Waals surface area contributed by atoms with Gasteiger partial charge in [0, 0.05) is 15.0 Å². The van der Waals surface area contributed by atoms with E-state index >= 15 is 0 Å². The van der Waals surface area contributed by atoms with Crippen molar-refractivity contribution in [3.8, 4) is 5.75 Å². The first kappa shape index (κ1) is 6.68. The van der Waals surface area contributed by atoms with Crippen LogP contribution in [0.25, 0.3) is 10.1 Å². The third-order valence-electron chi connectivity index (χ3n) is 1.66. The molecule has 0 amide bonds. The monoisotopic (exact) mass is 164 g/mol. The second kappa shape index (κ2) is 2.24. The molecular weight excluding hydrogens is 156 g/mol. The van der Waals surface area contributed by atoms with Crippen LogP contribution in [0.1, 0.15) is 4.88 Å². The van der Waals surface area contributed by atoms with Crippen molar-refractivity contribution in [1.29, 1.82) is 0 Å². The molecule has 1 aromatic heterocycles. The van der Waals surface area contributed by atoms with E-state index in [2.05, 4.69) is 0 Å². The lowest BCUT2D eigenvalue weighted by Crippen LogP contribution is -1.63. The first-order valence-corrected chi connectivity index (χ1v) is 4.27. The maximum absolute atomic E-state index is 9.39. The summed E-state index contributed by atoms with van der Waals surface area (Å²) in [6.45, 7) is 2.05. The predicted octanol–water partition coefficient (Wildman–Crippen LogP) is 2.92. The topological polar surface area (TPSA) is 20.2 Å². The van der Waals surface area contributed by atoms with E-state index in [1.165, 1.54) is 4.88 Å². The summed E-state index contributed by atoms with van der Waals surface area (Å²) in [6.07, 6.45) is 0. The number of phenolic OH excluding ortho intramolecular Hbond substituents is 1. The molecule has 2 aromatic rings. The van der Waals surface area contributed by atoms with Gasteiger partial charge < -0.3 is 5.11 Å². The van der Waals surface area contributed by atoms with Crippen LogP contribution < -0.4 is 0 Å². The lowest BCUT2D eigenvalue weighted by Gasteiger charge is -1.90. The molecule has 0 saturated heterocycles. The van der Waals surface area contributed by atoms with Crippen molar-refractivity contribution in [1.82, 2.24) is 0 Å². The van der Waals surface area contributed by atoms with E-state index in [1.54, 1.807) is 17.4 Å². The van der Waals surface area contributed by atoms with Gasteiger partial charge in [0.25, 0.3) is 0 Å². The van der Waals surface area contributed by atoms with Gasteiger partial charge in [-0.2, -0.15) is 0 Å². The Kier molecular flexibility index (Phi) is 1.36. The number of fused-ring (bicyclic) bond motifs is 1. The second-order valence-corrected chi connectivity index (χ2v) is 3.83. The molecule has 1 heterocycles. The molecule has 2 heteroatoms. The Morgan fingerprint density at radius 1 is 1.36 bits per heavy atom. The number of aryl methyl sites for hydroxylation is 1. The summed E-state index contributed by atoms with van der Waals surface area (Å²) in [5.41, 5.74) is 0. The number of aromatic hydroxyl groups is 1. The van der Waals surface area contributed by atoms with Gasteiger partial charge in [0.15, 0.2) is 0 Å². The number of thiophene rings is 1. The van der Waals surface area contributed by atoms with E-state index < -0.39 is 0 Å². The Bertz CT molecular complexity index is 389. The Hall–Kier alpha value is -1.02. The van der Waals surface area contributed by atoms with Crippen LogP contribution in [0.3, 0.4) is 0 Å². The standard InChI is InChI=1S/C9H8OS/c1-6-5-7-8(10)3-2-4-9(7)11-6/h2-5,10H,1H3. The van der Waals surface area contributed by atoms with Crippen molar-refractivity contribution in [2.45, 2.75) is 6.92 Å². The van der Waals surface area contributed by atoms with Gasteiger partial charge in [0.05, 0.1) is 0 Å². The number of hydrogen-bond donors (Lipinski definition) is 1. The normalized spacial score (nSPS) is 10.6. The van der Waals surface area contributed by atoms with Crippen molar-refractivity contribution >= 4 is 21.4 Å². The van der Waals surface area contributed by atoms with Gasteiger partial charge in [-0.3, -0.25) is 0 Å². The fourth-order valence-corrected chi connectivity index (χ4v) is 2.12. The van der Waals surface area contributed by atoms with Crippen LogP contribution in [0.2, 0.25) is 0 Å². The summed E-state index contributed by atoms with van der Waals surface area (Å²) in [5, 5.41) is 10.4. The lowest BCUT2D eigenvalue weighted by atomic mass is 10.2. The van der Waals surface area contributed by atoms with Gasteiger partial charge >= 0.3 is 0 Å². The molecule has 0 unspecified atom stereocenters. The van der Waals surface area contributed by atoms with E-state index in [0.717, 1.165) is 10.1 Å². The molecule has 0 spiro atoms. The van der Waals surface area contributed by atoms with E-state index in [-0.39, 0.29) is 0 Å². The summed E-state index contributed by atoms with van der Waals surface area (Å²) >= 11 is 1.71. The highest BCUT2D eigenvalue weighted by Gasteiger charge is 2.00. The van der Waals surface area contributed by atoms with Crippen LogP contribution in [0.4, 0.5) is 0 Å². The summed E-state index contributed by atoms with van der Waals surface area (Å²) in [5.74, 6) is 0.381. The molecule has 0 bridgehead atoms. The highest BCUT2D eigenvalue weighted by Crippen LogP contribution is 2.30. The number of rotatable bonds is 0. The zero-order chi connectivity index (χ0) is 7.84. The van der Waals surface area contributed by atoms with Crippen LogP contribution in [0.5, 0.6) is 5.75 Å². The quantitative estimate of drug-likeness (QED) is 0.634. The lowest BCUT2D eigenvalue weighted by molar-refractivity contribution is 0.482. The molecule has 0 saturated carbocycles. The molecule has 0 atom stereocenters. The predicted molar refractivity (Wildman–Crippen MR) is 48.2 cm³/mol. The van der Waals surface area contributed by atoms with Crippen molar-refractivity contribution in [2.24, 2.45) is 0 Å². The smallest absolute Gasteiger partial charge is 0.124 e. The first-order chi connectivity index (χ1) is 5.27. The Balaban J connectivity index is 2.90. The van der Waals surface area contributed by atoms with Crippen molar-refractivity contribution in [3.63, 3.8) is 0 Å². The van der Waals surface area contributed by atoms with Crippen LogP contribution in [0.15, 0.2) is 24.3 Å². The highest BCUT2D eigenvalue weighted by molar-refractivity contribution is 7.19. The molecule has 1 nitrogen and oxygen atoms in total. The second-order valence-electron chi connectivity index (χ2n) is 2.55. The molecule has 0 fully saturated rings. The molecular formula is C9H8OS. The van der Waals surface area contributed by atoms with Crippen LogP contribution >= 0.6 is 11.3 Å². The molecule has 0 radical (unpaired) electrons. The highest BCUT2D eigenvalue weighted by atomic mass is 32.1. The fraction of sp³-hybridized carbons (Fsp3) is 0.111. The minimum absolute atomic E-state index is 0.381. The first-order valence-electron chi connectivity index (χ1n) is 3.45. The Morgan fingerprint density at radius 3 is 2.91 bits per heavy atom. The Morgan fingerprint density at radius 2 is 2.18 bits per heavy atom. The third kappa shape index (κ3) is 0.994. The largest absolute Gasteiger partial charge is 0.507 e. The van der Waals surface area contributed by atoms with Crippen LogP contribution in [-0.4, -0.2) is 5.11 Å². The molecule has 0 aliphatic heterocycles. The number of benzene rings is 1. The minimum Gasteiger partial charge on any atom is -0.507 e. The average Bonchev–Trinajstić information content (AvgIpc) is 2.31.